The number of aromatic nitrogens is 2. The molecule has 3 aromatic rings. The highest BCUT2D eigenvalue weighted by Crippen LogP contribution is 2.28. The number of aliphatic hydroxyl groups excluding tert-OH is 1. The molecule has 0 spiro atoms. The van der Waals surface area contributed by atoms with Crippen LogP contribution in [0.15, 0.2) is 71.8 Å². The van der Waals surface area contributed by atoms with Gasteiger partial charge < -0.3 is 5.11 Å². The second-order valence-corrected chi connectivity index (χ2v) is 8.02. The van der Waals surface area contributed by atoms with Gasteiger partial charge in [-0.3, -0.25) is 4.68 Å². The molecule has 6 nitrogen and oxygen atoms in total. The zero-order chi connectivity index (χ0) is 19.3. The van der Waals surface area contributed by atoms with E-state index in [9.17, 15) is 13.5 Å². The molecule has 27 heavy (non-hydrogen) atoms. The fraction of sp³-hybridized carbons (Fsp3) is 0.250. The lowest BCUT2D eigenvalue weighted by Crippen LogP contribution is -2.33. The van der Waals surface area contributed by atoms with Crippen LogP contribution in [0.3, 0.4) is 0 Å². The van der Waals surface area contributed by atoms with Crippen molar-refractivity contribution >= 4 is 10.0 Å². The predicted octanol–water partition coefficient (Wildman–Crippen LogP) is 2.60. The van der Waals surface area contributed by atoms with Crippen LogP contribution < -0.4 is 0 Å². The van der Waals surface area contributed by atoms with Crippen LogP contribution in [0.2, 0.25) is 0 Å². The van der Waals surface area contributed by atoms with Crippen molar-refractivity contribution in [1.82, 2.24) is 14.1 Å². The quantitative estimate of drug-likeness (QED) is 0.647. The van der Waals surface area contributed by atoms with Crippen molar-refractivity contribution in [1.29, 1.82) is 0 Å². The van der Waals surface area contributed by atoms with Gasteiger partial charge in [0, 0.05) is 24.8 Å². The van der Waals surface area contributed by atoms with E-state index in [2.05, 4.69) is 5.10 Å². The first-order chi connectivity index (χ1) is 13.1. The monoisotopic (exact) mass is 385 g/mol. The molecule has 3 rings (SSSR count). The van der Waals surface area contributed by atoms with Gasteiger partial charge in [0.1, 0.15) is 10.6 Å². The average Bonchev–Trinajstić information content (AvgIpc) is 3.12. The van der Waals surface area contributed by atoms with E-state index in [1.54, 1.807) is 17.8 Å². The van der Waals surface area contributed by atoms with Crippen LogP contribution in [0.25, 0.3) is 11.3 Å². The second kappa shape index (κ2) is 8.47. The summed E-state index contributed by atoms with van der Waals surface area (Å²) in [6.07, 6.45) is 1.57. The van der Waals surface area contributed by atoms with E-state index in [0.29, 0.717) is 12.2 Å². The molecule has 0 atom stereocenters. The Bertz CT molecular complexity index is 970. The first-order valence-electron chi connectivity index (χ1n) is 8.84. The number of hydrogen-bond acceptors (Lipinski definition) is 4. The summed E-state index contributed by atoms with van der Waals surface area (Å²) in [6.45, 7) is 2.33. The van der Waals surface area contributed by atoms with Crippen LogP contribution in [0, 0.1) is 0 Å². The molecule has 0 amide bonds. The maximum absolute atomic E-state index is 13.2. The van der Waals surface area contributed by atoms with Gasteiger partial charge in [-0.15, -0.1) is 0 Å². The molecule has 0 saturated heterocycles. The molecule has 0 radical (unpaired) electrons. The van der Waals surface area contributed by atoms with Gasteiger partial charge in [-0.2, -0.15) is 9.40 Å². The number of rotatable bonds is 8. The Balaban J connectivity index is 2.08. The van der Waals surface area contributed by atoms with Crippen molar-refractivity contribution < 1.29 is 13.5 Å². The van der Waals surface area contributed by atoms with Gasteiger partial charge in [0.05, 0.1) is 13.2 Å². The van der Waals surface area contributed by atoms with E-state index in [-0.39, 0.29) is 24.6 Å². The van der Waals surface area contributed by atoms with Gasteiger partial charge in [-0.05, 0) is 5.56 Å². The Kier molecular flexibility index (Phi) is 6.05. The van der Waals surface area contributed by atoms with E-state index < -0.39 is 10.0 Å². The Morgan fingerprint density at radius 3 is 2.26 bits per heavy atom. The van der Waals surface area contributed by atoms with E-state index in [1.165, 1.54) is 4.31 Å². The highest BCUT2D eigenvalue weighted by molar-refractivity contribution is 7.89. The van der Waals surface area contributed by atoms with Crippen molar-refractivity contribution in [3.8, 4) is 11.3 Å². The van der Waals surface area contributed by atoms with E-state index in [1.807, 2.05) is 60.7 Å². The third kappa shape index (κ3) is 4.27. The van der Waals surface area contributed by atoms with Crippen LogP contribution in [0.4, 0.5) is 0 Å². The normalized spacial score (nSPS) is 11.8. The molecule has 7 heteroatoms. The lowest BCUT2D eigenvalue weighted by atomic mass is 10.2. The molecule has 0 aliphatic carbocycles. The molecule has 0 fully saturated rings. The largest absolute Gasteiger partial charge is 0.395 e. The molecule has 0 saturated carbocycles. The molecule has 2 aromatic carbocycles. The van der Waals surface area contributed by atoms with E-state index in [0.717, 1.165) is 11.1 Å². The number of aliphatic hydroxyl groups is 1. The summed E-state index contributed by atoms with van der Waals surface area (Å²) in [7, 11) is -3.77. The van der Waals surface area contributed by atoms with E-state index in [4.69, 9.17) is 0 Å². The summed E-state index contributed by atoms with van der Waals surface area (Å²) in [5, 5.41) is 13.8. The summed E-state index contributed by atoms with van der Waals surface area (Å²) >= 11 is 0. The third-order valence-electron chi connectivity index (χ3n) is 4.28. The fourth-order valence-corrected chi connectivity index (χ4v) is 4.54. The Morgan fingerprint density at radius 2 is 1.67 bits per heavy atom. The van der Waals surface area contributed by atoms with Crippen LogP contribution in [0.5, 0.6) is 0 Å². The minimum Gasteiger partial charge on any atom is -0.395 e. The highest BCUT2D eigenvalue weighted by Gasteiger charge is 2.29. The van der Waals surface area contributed by atoms with Gasteiger partial charge in [0.25, 0.3) is 0 Å². The maximum Gasteiger partial charge on any atom is 0.246 e. The van der Waals surface area contributed by atoms with Gasteiger partial charge in [0.2, 0.25) is 10.0 Å². The fourth-order valence-electron chi connectivity index (χ4n) is 2.94. The van der Waals surface area contributed by atoms with Crippen LogP contribution >= 0.6 is 0 Å². The van der Waals surface area contributed by atoms with Gasteiger partial charge in [0.15, 0.2) is 0 Å². The number of sulfonamides is 1. The van der Waals surface area contributed by atoms with Crippen molar-refractivity contribution in [2.24, 2.45) is 0 Å². The van der Waals surface area contributed by atoms with Crippen LogP contribution in [-0.2, 0) is 16.6 Å². The Labute approximate surface area is 159 Å². The molecular formula is C20H23N3O3S. The molecular weight excluding hydrogens is 362 g/mol. The molecule has 0 unspecified atom stereocenters. The zero-order valence-electron chi connectivity index (χ0n) is 15.2. The van der Waals surface area contributed by atoms with Crippen molar-refractivity contribution in [3.63, 3.8) is 0 Å². The summed E-state index contributed by atoms with van der Waals surface area (Å²) in [5.41, 5.74) is 2.19. The van der Waals surface area contributed by atoms with Crippen molar-refractivity contribution in [2.75, 3.05) is 19.7 Å². The summed E-state index contributed by atoms with van der Waals surface area (Å²) < 4.78 is 29.3. The van der Waals surface area contributed by atoms with Crippen LogP contribution in [0.1, 0.15) is 12.5 Å². The van der Waals surface area contributed by atoms with E-state index >= 15 is 0 Å². The smallest absolute Gasteiger partial charge is 0.246 e. The van der Waals surface area contributed by atoms with Crippen LogP contribution in [-0.4, -0.2) is 47.3 Å². The molecule has 1 N–H and O–H groups in total. The molecule has 1 heterocycles. The lowest BCUT2D eigenvalue weighted by Gasteiger charge is -2.19. The number of nitrogens with zero attached hydrogens (tertiary/aromatic N) is 3. The summed E-state index contributed by atoms with van der Waals surface area (Å²) in [4.78, 5) is 0.153. The summed E-state index contributed by atoms with van der Waals surface area (Å²) in [6, 6.07) is 19.0. The second-order valence-electron chi connectivity index (χ2n) is 6.11. The first-order valence-corrected chi connectivity index (χ1v) is 10.3. The van der Waals surface area contributed by atoms with Gasteiger partial charge in [-0.1, -0.05) is 67.6 Å². The first kappa shape index (κ1) is 19.3. The number of likely N-dealkylation sites (N-methyl/N-ethyl adjacent to an activating group) is 1. The number of hydrogen-bond donors (Lipinski definition) is 1. The SMILES string of the molecule is CCN(CCO)S(=O)(=O)c1cn(Cc2ccccc2)nc1-c1ccccc1. The molecule has 1 aromatic heterocycles. The zero-order valence-corrected chi connectivity index (χ0v) is 16.0. The summed E-state index contributed by atoms with van der Waals surface area (Å²) in [5.74, 6) is 0. The molecule has 0 bridgehead atoms. The van der Waals surface area contributed by atoms with Crippen molar-refractivity contribution in [2.45, 2.75) is 18.4 Å². The number of benzene rings is 2. The lowest BCUT2D eigenvalue weighted by molar-refractivity contribution is 0.257. The Morgan fingerprint density at radius 1 is 1.04 bits per heavy atom. The third-order valence-corrected chi connectivity index (χ3v) is 6.26. The average molecular weight is 385 g/mol. The Hall–Kier alpha value is -2.48. The van der Waals surface area contributed by atoms with Gasteiger partial charge >= 0.3 is 0 Å². The minimum atomic E-state index is -3.77. The predicted molar refractivity (Wildman–Crippen MR) is 105 cm³/mol. The van der Waals surface area contributed by atoms with Crippen molar-refractivity contribution in [3.05, 3.63) is 72.4 Å². The standard InChI is InChI=1S/C20H23N3O3S/c1-2-23(13-14-24)27(25,26)19-16-22(15-17-9-5-3-6-10-17)21-20(19)18-11-7-4-8-12-18/h3-12,16,24H,2,13-15H2,1H3. The molecule has 0 aliphatic rings. The molecule has 142 valence electrons. The molecule has 0 aliphatic heterocycles. The maximum atomic E-state index is 13.2. The topological polar surface area (TPSA) is 75.4 Å². The van der Waals surface area contributed by atoms with Gasteiger partial charge in [-0.25, -0.2) is 8.42 Å². The minimum absolute atomic E-state index is 0.0525. The highest BCUT2D eigenvalue weighted by atomic mass is 32.2.